The first-order valence-corrected chi connectivity index (χ1v) is 11.1. The quantitative estimate of drug-likeness (QED) is 0.0977. The lowest BCUT2D eigenvalue weighted by Crippen LogP contribution is -2.71. The summed E-state index contributed by atoms with van der Waals surface area (Å²) in [7, 11) is 0. The topological polar surface area (TPSA) is 49.4 Å². The van der Waals surface area contributed by atoms with Crippen molar-refractivity contribution in [2.24, 2.45) is 0 Å². The number of hydrogen-bond donors (Lipinski definition) is 0. The maximum absolute atomic E-state index is 12.4. The molecule has 0 unspecified atom stereocenters. The van der Waals surface area contributed by atoms with Crippen molar-refractivity contribution in [3.8, 4) is 0 Å². The molecule has 0 aliphatic rings. The normalized spacial score (nSPS) is 12.7. The fourth-order valence-corrected chi connectivity index (χ4v) is 3.17. The fourth-order valence-electron chi connectivity index (χ4n) is 3.17. The molecule has 3 nitrogen and oxygen atoms in total. The molecular weight excluding hydrogens is 426 g/mol. The molecule has 0 amide bonds. The Morgan fingerprint density at radius 2 is 1.00 bits per heavy atom. The SMILES string of the molecule is C=CCCCCCCCCCCCCCCCCOC(=O)C([O-])(C(F)(F)F)C(F)(F)F. The van der Waals surface area contributed by atoms with E-state index in [0.29, 0.717) is 6.42 Å². The lowest BCUT2D eigenvalue weighted by molar-refractivity contribution is -0.574. The standard InChI is InChI=1S/C22H35F6O3/c1-2-3-4-5-6-7-8-9-10-11-12-13-14-15-16-17-18-31-19(29)20(30,21(23,24)25)22(26,27)28/h2H,1,3-18H2/q-1. The Balaban J connectivity index is 3.66. The highest BCUT2D eigenvalue weighted by atomic mass is 19.4. The van der Waals surface area contributed by atoms with Gasteiger partial charge in [0.2, 0.25) is 0 Å². The summed E-state index contributed by atoms with van der Waals surface area (Å²) < 4.78 is 78.6. The molecule has 0 atom stereocenters. The number of unbranched alkanes of at least 4 members (excludes halogenated alkanes) is 14. The zero-order chi connectivity index (χ0) is 23.8. The Morgan fingerprint density at radius 1 is 0.677 bits per heavy atom. The molecule has 0 heterocycles. The van der Waals surface area contributed by atoms with Crippen molar-refractivity contribution in [1.29, 1.82) is 0 Å². The van der Waals surface area contributed by atoms with Crippen LogP contribution in [0.5, 0.6) is 0 Å². The summed E-state index contributed by atoms with van der Waals surface area (Å²) in [4.78, 5) is 11.1. The van der Waals surface area contributed by atoms with Crippen LogP contribution in [-0.2, 0) is 9.53 Å². The van der Waals surface area contributed by atoms with Crippen molar-refractivity contribution in [3.05, 3.63) is 12.7 Å². The van der Waals surface area contributed by atoms with E-state index in [-0.39, 0.29) is 6.42 Å². The van der Waals surface area contributed by atoms with E-state index in [1.807, 2.05) is 6.08 Å². The number of rotatable bonds is 18. The van der Waals surface area contributed by atoms with Crippen molar-refractivity contribution < 1.29 is 41.0 Å². The molecule has 0 saturated heterocycles. The lowest BCUT2D eigenvalue weighted by Gasteiger charge is -2.40. The summed E-state index contributed by atoms with van der Waals surface area (Å²) in [6.07, 6.45) is 4.58. The van der Waals surface area contributed by atoms with Crippen molar-refractivity contribution in [2.45, 2.75) is 114 Å². The van der Waals surface area contributed by atoms with Gasteiger partial charge in [0.05, 0.1) is 6.61 Å². The first-order chi connectivity index (χ1) is 14.5. The smallest absolute Gasteiger partial charge is 0.399 e. The van der Waals surface area contributed by atoms with Crippen LogP contribution in [0.25, 0.3) is 0 Å². The van der Waals surface area contributed by atoms with Crippen molar-refractivity contribution in [1.82, 2.24) is 0 Å². The number of halogens is 6. The summed E-state index contributed by atoms with van der Waals surface area (Å²) in [5, 5.41) is 11.1. The van der Waals surface area contributed by atoms with E-state index in [1.165, 1.54) is 44.9 Å². The first kappa shape index (κ1) is 29.8. The number of alkyl halides is 6. The van der Waals surface area contributed by atoms with Gasteiger partial charge in [-0.05, 0) is 19.3 Å². The van der Waals surface area contributed by atoms with Crippen LogP contribution in [0.1, 0.15) is 96.3 Å². The van der Waals surface area contributed by atoms with Gasteiger partial charge in [-0.2, -0.15) is 26.3 Å². The number of carbonyl (C=O) groups is 1. The van der Waals surface area contributed by atoms with E-state index in [9.17, 15) is 36.2 Å². The summed E-state index contributed by atoms with van der Waals surface area (Å²) in [6, 6.07) is 0. The molecule has 0 N–H and O–H groups in total. The maximum Gasteiger partial charge on any atom is 0.399 e. The highest BCUT2D eigenvalue weighted by Crippen LogP contribution is 2.41. The maximum atomic E-state index is 12.4. The highest BCUT2D eigenvalue weighted by Gasteiger charge is 2.68. The van der Waals surface area contributed by atoms with E-state index in [2.05, 4.69) is 11.3 Å². The Bertz CT molecular complexity index is 475. The molecule has 0 aliphatic heterocycles. The van der Waals surface area contributed by atoms with Crippen LogP contribution >= 0.6 is 0 Å². The molecular formula is C22H35F6O3-. The van der Waals surface area contributed by atoms with Gasteiger partial charge >= 0.3 is 18.3 Å². The number of ether oxygens (including phenoxy) is 1. The molecule has 0 aromatic carbocycles. The van der Waals surface area contributed by atoms with Crippen LogP contribution in [0.2, 0.25) is 0 Å². The second kappa shape index (κ2) is 15.5. The van der Waals surface area contributed by atoms with E-state index < -0.39 is 30.5 Å². The van der Waals surface area contributed by atoms with E-state index >= 15 is 0 Å². The minimum atomic E-state index is -6.31. The largest absolute Gasteiger partial charge is 0.828 e. The third-order valence-electron chi connectivity index (χ3n) is 5.12. The highest BCUT2D eigenvalue weighted by molar-refractivity contribution is 5.81. The van der Waals surface area contributed by atoms with Gasteiger partial charge in [0.25, 0.3) is 0 Å². The third-order valence-corrected chi connectivity index (χ3v) is 5.12. The van der Waals surface area contributed by atoms with Gasteiger partial charge in [0, 0.05) is 0 Å². The van der Waals surface area contributed by atoms with Crippen LogP contribution in [0.3, 0.4) is 0 Å². The molecule has 0 bridgehead atoms. The van der Waals surface area contributed by atoms with E-state index in [1.54, 1.807) is 0 Å². The minimum Gasteiger partial charge on any atom is -0.828 e. The van der Waals surface area contributed by atoms with Gasteiger partial charge in [-0.25, -0.2) is 0 Å². The molecule has 31 heavy (non-hydrogen) atoms. The molecule has 0 aromatic rings. The Hall–Kier alpha value is -1.25. The summed E-state index contributed by atoms with van der Waals surface area (Å²) >= 11 is 0. The van der Waals surface area contributed by atoms with Gasteiger partial charge in [-0.3, -0.25) is 4.79 Å². The lowest BCUT2D eigenvalue weighted by atomic mass is 10.0. The minimum absolute atomic E-state index is 0.115. The molecule has 0 saturated carbocycles. The molecule has 0 aliphatic carbocycles. The van der Waals surface area contributed by atoms with Crippen LogP contribution < -0.4 is 5.11 Å². The molecule has 9 heteroatoms. The zero-order valence-corrected chi connectivity index (χ0v) is 18.1. The predicted molar refractivity (Wildman–Crippen MR) is 105 cm³/mol. The molecule has 184 valence electrons. The van der Waals surface area contributed by atoms with Crippen LogP contribution in [0.4, 0.5) is 26.3 Å². The Kier molecular flexibility index (Phi) is 14.9. The summed E-state index contributed by atoms with van der Waals surface area (Å²) in [5.41, 5.74) is -5.74. The van der Waals surface area contributed by atoms with Crippen molar-refractivity contribution in [3.63, 3.8) is 0 Å². The first-order valence-electron chi connectivity index (χ1n) is 11.1. The number of hydrogen-bond acceptors (Lipinski definition) is 3. The second-order valence-corrected chi connectivity index (χ2v) is 7.84. The number of esters is 1. The monoisotopic (exact) mass is 461 g/mol. The van der Waals surface area contributed by atoms with Crippen LogP contribution in [0, 0.1) is 0 Å². The zero-order valence-electron chi connectivity index (χ0n) is 18.1. The predicted octanol–water partition coefficient (Wildman–Crippen LogP) is 6.79. The van der Waals surface area contributed by atoms with Gasteiger partial charge in [-0.15, -0.1) is 6.58 Å². The van der Waals surface area contributed by atoms with Crippen molar-refractivity contribution >= 4 is 5.97 Å². The van der Waals surface area contributed by atoms with Crippen molar-refractivity contribution in [2.75, 3.05) is 6.61 Å². The molecule has 0 aromatic heterocycles. The fraction of sp³-hybridized carbons (Fsp3) is 0.864. The van der Waals surface area contributed by atoms with Crippen LogP contribution in [-0.4, -0.2) is 30.5 Å². The van der Waals surface area contributed by atoms with Gasteiger partial charge < -0.3 is 9.84 Å². The van der Waals surface area contributed by atoms with Gasteiger partial charge in [0.1, 0.15) is 0 Å². The number of allylic oxidation sites excluding steroid dienone is 1. The Labute approximate surface area is 181 Å². The molecule has 0 spiro atoms. The summed E-state index contributed by atoms with van der Waals surface area (Å²) in [5.74, 6) is -2.84. The average Bonchev–Trinajstić information content (AvgIpc) is 2.67. The third kappa shape index (κ3) is 11.8. The average molecular weight is 462 g/mol. The number of carbonyl (C=O) groups excluding carboxylic acids is 1. The summed E-state index contributed by atoms with van der Waals surface area (Å²) in [6.45, 7) is 3.06. The van der Waals surface area contributed by atoms with Gasteiger partial charge in [0.15, 0.2) is 5.60 Å². The molecule has 0 radical (unpaired) electrons. The molecule has 0 rings (SSSR count). The van der Waals surface area contributed by atoms with Crippen LogP contribution in [0.15, 0.2) is 12.7 Å². The second-order valence-electron chi connectivity index (χ2n) is 7.84. The van der Waals surface area contributed by atoms with Gasteiger partial charge in [-0.1, -0.05) is 83.1 Å². The Morgan fingerprint density at radius 3 is 1.32 bits per heavy atom. The van der Waals surface area contributed by atoms with E-state index in [4.69, 9.17) is 0 Å². The van der Waals surface area contributed by atoms with E-state index in [0.717, 1.165) is 38.5 Å². The molecule has 0 fully saturated rings.